The Balaban J connectivity index is 1.12. The van der Waals surface area contributed by atoms with Gasteiger partial charge in [0, 0.05) is 0 Å². The normalized spacial score (nSPS) is 11.6. The Kier molecular flexibility index (Phi) is 9.04. The molecule has 0 aliphatic heterocycles. The summed E-state index contributed by atoms with van der Waals surface area (Å²) in [6.07, 6.45) is 0. The Hall–Kier alpha value is -6.24. The van der Waals surface area contributed by atoms with Crippen LogP contribution in [-0.2, 0) is 0 Å². The van der Waals surface area contributed by atoms with E-state index in [2.05, 4.69) is 146 Å². The van der Waals surface area contributed by atoms with Gasteiger partial charge in [-0.15, -0.1) is 0 Å². The number of hydrogen-bond donors (Lipinski definition) is 0. The van der Waals surface area contributed by atoms with E-state index < -0.39 is 13.3 Å². The molecule has 0 saturated carbocycles. The van der Waals surface area contributed by atoms with Crippen molar-refractivity contribution in [2.75, 3.05) is 0 Å². The molecule has 10 aromatic rings. The van der Waals surface area contributed by atoms with Crippen molar-refractivity contribution >= 4 is 65.9 Å². The quantitative estimate of drug-likeness (QED) is 0.144. The summed E-state index contributed by atoms with van der Waals surface area (Å²) in [5.41, 5.74) is 5.11. The summed E-state index contributed by atoms with van der Waals surface area (Å²) in [6, 6.07) is 74.0. The fourth-order valence-electron chi connectivity index (χ4n) is 7.86. The fourth-order valence-corrected chi connectivity index (χ4v) is 20.2. The molecule has 2 heterocycles. The second kappa shape index (κ2) is 14.8. The minimum atomic E-state index is -3.43. The molecule has 0 bridgehead atoms. The Morgan fingerprint density at radius 2 is 0.786 bits per heavy atom. The van der Waals surface area contributed by atoms with Gasteiger partial charge in [-0.1, -0.05) is 0 Å². The predicted molar refractivity (Wildman–Crippen MR) is 235 cm³/mol. The molecular weight excluding hydrogens is 808 g/mol. The molecule has 56 heavy (non-hydrogen) atoms. The van der Waals surface area contributed by atoms with Crippen LogP contribution in [0.4, 0.5) is 0 Å². The van der Waals surface area contributed by atoms with Crippen molar-refractivity contribution in [3.8, 4) is 44.3 Å². The molecule has 0 spiro atoms. The van der Waals surface area contributed by atoms with Crippen LogP contribution < -0.4 is 17.6 Å². The van der Waals surface area contributed by atoms with Crippen LogP contribution in [0.5, 0.6) is 0 Å². The molecule has 0 N–H and O–H groups in total. The molecule has 0 radical (unpaired) electrons. The van der Waals surface area contributed by atoms with E-state index in [9.17, 15) is 0 Å². The maximum absolute atomic E-state index is 5.35. The van der Waals surface area contributed by atoms with Crippen LogP contribution in [0.15, 0.2) is 206 Å². The number of rotatable bonds is 8. The van der Waals surface area contributed by atoms with Gasteiger partial charge in [-0.05, 0) is 0 Å². The van der Waals surface area contributed by atoms with E-state index in [1.165, 1.54) is 38.2 Å². The summed E-state index contributed by atoms with van der Waals surface area (Å²) in [6.45, 7) is 0. The van der Waals surface area contributed by atoms with Crippen molar-refractivity contribution in [1.29, 1.82) is 0 Å². The summed E-state index contributed by atoms with van der Waals surface area (Å²) < 4.78 is 8.06. The number of nitrogens with zero attached hydrogens (tertiary/aromatic N) is 4. The first-order valence-corrected chi connectivity index (χ1v) is 24.6. The van der Waals surface area contributed by atoms with Crippen molar-refractivity contribution in [2.24, 2.45) is 0 Å². The first-order valence-electron chi connectivity index (χ1n) is 18.7. The molecule has 10 rings (SSSR count). The molecule has 0 unspecified atom stereocenters. The molecule has 264 valence electrons. The molecule has 8 aromatic carbocycles. The van der Waals surface area contributed by atoms with E-state index in [1.54, 1.807) is 0 Å². The first kappa shape index (κ1) is 34.3. The number of hydrogen-bond acceptors (Lipinski definition) is 4. The summed E-state index contributed by atoms with van der Waals surface area (Å²) in [5, 5.41) is 2.38. The molecule has 0 saturated heterocycles. The van der Waals surface area contributed by atoms with Crippen LogP contribution in [0, 0.1) is 0 Å². The molecule has 2 aromatic heterocycles. The van der Waals surface area contributed by atoms with Crippen molar-refractivity contribution in [1.82, 2.24) is 19.9 Å². The van der Waals surface area contributed by atoms with Gasteiger partial charge in [-0.2, -0.15) is 0 Å². The first-order chi connectivity index (χ1) is 27.7. The molecule has 0 amide bonds. The topological polar surface area (TPSA) is 51.6 Å². The van der Waals surface area contributed by atoms with Crippen LogP contribution >= 0.6 is 0 Å². The van der Waals surface area contributed by atoms with Gasteiger partial charge in [0.15, 0.2) is 0 Å². The number of aromatic nitrogens is 4. The zero-order valence-electron chi connectivity index (χ0n) is 30.3. The molecule has 0 aliphatic carbocycles. The van der Waals surface area contributed by atoms with Gasteiger partial charge in [0.05, 0.1) is 0 Å². The summed E-state index contributed by atoms with van der Waals surface area (Å²) in [7, 11) is 0. The zero-order chi connectivity index (χ0) is 37.3. The minimum absolute atomic E-state index is 0.0164. The van der Waals surface area contributed by atoms with Crippen molar-refractivity contribution in [2.45, 2.75) is 0 Å². The van der Waals surface area contributed by atoms with Crippen LogP contribution in [-0.4, -0.2) is 47.7 Å². The molecular formula is C50H34GeN4Se. The molecule has 4 nitrogen and oxygen atoms in total. The van der Waals surface area contributed by atoms with Crippen molar-refractivity contribution in [3.05, 3.63) is 206 Å². The zero-order valence-corrected chi connectivity index (χ0v) is 34.1. The van der Waals surface area contributed by atoms with Crippen LogP contribution in [0.3, 0.4) is 0 Å². The standard InChI is InChI=1S/C50H34GeN4Se/c1-6-17-36(18-7-1)47-53-48(37-19-8-2-9-20-37)55-49(54-47)38-30-29-35-31-32-45-46(44(35)34-38)56-50(52-45)39-21-16-28-43(33-39)51(40-22-10-3-11-23-40,41-24-12-4-13-25-41)42-26-14-5-15-27-42/h1-34H. The SMILES string of the molecule is c1ccc(-c2nc(-c3ccccc3)nc(-c3ccc4ccc5nc(-c6ccc[c]([Ge]([c]7ccccc7)([c]7ccccc7)[c]7ccccc7)c6)[se]c5c4c3)n2)cc1. The van der Waals surface area contributed by atoms with E-state index in [-0.39, 0.29) is 14.5 Å². The third-order valence-electron chi connectivity index (χ3n) is 10.5. The number of fused-ring (bicyclic) bond motifs is 3. The van der Waals surface area contributed by atoms with Crippen LogP contribution in [0.2, 0.25) is 0 Å². The molecule has 0 fully saturated rings. The van der Waals surface area contributed by atoms with Gasteiger partial charge < -0.3 is 0 Å². The summed E-state index contributed by atoms with van der Waals surface area (Å²) >= 11 is -3.45. The molecule has 0 atom stereocenters. The third kappa shape index (κ3) is 6.20. The van der Waals surface area contributed by atoms with E-state index in [0.717, 1.165) is 26.8 Å². The predicted octanol–water partition coefficient (Wildman–Crippen LogP) is 8.68. The Bertz CT molecular complexity index is 2800. The van der Waals surface area contributed by atoms with Crippen molar-refractivity contribution in [3.63, 3.8) is 0 Å². The fraction of sp³-hybridized carbons (Fsp3) is 0. The van der Waals surface area contributed by atoms with Crippen LogP contribution in [0.25, 0.3) is 64.8 Å². The van der Waals surface area contributed by atoms with E-state index >= 15 is 0 Å². The monoisotopic (exact) mass is 844 g/mol. The molecule has 0 aliphatic rings. The summed E-state index contributed by atoms with van der Waals surface area (Å²) in [4.78, 5) is 20.3. The van der Waals surface area contributed by atoms with Gasteiger partial charge in [0.1, 0.15) is 0 Å². The second-order valence-electron chi connectivity index (χ2n) is 13.8. The van der Waals surface area contributed by atoms with Gasteiger partial charge in [0.2, 0.25) is 0 Å². The van der Waals surface area contributed by atoms with E-state index in [1.807, 2.05) is 60.7 Å². The van der Waals surface area contributed by atoms with Gasteiger partial charge in [-0.3, -0.25) is 0 Å². The van der Waals surface area contributed by atoms with Crippen LogP contribution in [0.1, 0.15) is 0 Å². The number of benzene rings is 8. The molecule has 6 heteroatoms. The summed E-state index contributed by atoms with van der Waals surface area (Å²) in [5.74, 6) is 1.97. The maximum atomic E-state index is 5.35. The second-order valence-corrected chi connectivity index (χ2v) is 23.9. The average molecular weight is 842 g/mol. The van der Waals surface area contributed by atoms with Gasteiger partial charge in [-0.25, -0.2) is 0 Å². The third-order valence-corrected chi connectivity index (χ3v) is 22.9. The Morgan fingerprint density at radius 3 is 1.32 bits per heavy atom. The van der Waals surface area contributed by atoms with Gasteiger partial charge >= 0.3 is 336 Å². The van der Waals surface area contributed by atoms with Crippen molar-refractivity contribution < 1.29 is 0 Å². The van der Waals surface area contributed by atoms with Gasteiger partial charge in [0.25, 0.3) is 0 Å². The van der Waals surface area contributed by atoms with E-state index in [4.69, 9.17) is 19.9 Å². The van der Waals surface area contributed by atoms with E-state index in [0.29, 0.717) is 17.5 Å². The Morgan fingerprint density at radius 1 is 0.339 bits per heavy atom. The average Bonchev–Trinajstić information content (AvgIpc) is 3.74. The Labute approximate surface area is 334 Å².